The van der Waals surface area contributed by atoms with Crippen LogP contribution in [0, 0.1) is 6.92 Å². The number of carbonyl (C=O) groups excluding carboxylic acids is 1. The Hall–Kier alpha value is -1.31. The third-order valence-electron chi connectivity index (χ3n) is 2.38. The van der Waals surface area contributed by atoms with E-state index in [1.54, 1.807) is 0 Å². The van der Waals surface area contributed by atoms with Crippen molar-refractivity contribution in [2.45, 2.75) is 26.7 Å². The molecule has 0 amide bonds. The molecule has 1 aromatic rings. The molecule has 0 aliphatic carbocycles. The van der Waals surface area contributed by atoms with Gasteiger partial charge in [0.25, 0.3) is 0 Å². The predicted octanol–water partition coefficient (Wildman–Crippen LogP) is 2.27. The van der Waals surface area contributed by atoms with Crippen LogP contribution in [0.25, 0.3) is 0 Å². The third kappa shape index (κ3) is 2.59. The Morgan fingerprint density at radius 3 is 2.64 bits per heavy atom. The Morgan fingerprint density at radius 1 is 1.43 bits per heavy atom. The fourth-order valence-electron chi connectivity index (χ4n) is 1.40. The lowest BCUT2D eigenvalue weighted by Crippen LogP contribution is -2.05. The summed E-state index contributed by atoms with van der Waals surface area (Å²) < 4.78 is 4.63. The van der Waals surface area contributed by atoms with Crippen molar-refractivity contribution in [1.29, 1.82) is 0 Å². The van der Waals surface area contributed by atoms with E-state index in [1.165, 1.54) is 12.7 Å². The molecule has 2 heteroatoms. The lowest BCUT2D eigenvalue weighted by atomic mass is 10.0. The van der Waals surface area contributed by atoms with Gasteiger partial charge < -0.3 is 4.74 Å². The Morgan fingerprint density at radius 2 is 2.14 bits per heavy atom. The molecule has 0 aliphatic heterocycles. The van der Waals surface area contributed by atoms with Crippen LogP contribution in [0.1, 0.15) is 23.6 Å². The summed E-state index contributed by atoms with van der Waals surface area (Å²) in [7, 11) is 1.41. The van der Waals surface area contributed by atoms with Crippen LogP contribution in [0.5, 0.6) is 0 Å². The number of benzene rings is 1. The molecule has 0 unspecified atom stereocenters. The van der Waals surface area contributed by atoms with E-state index in [-0.39, 0.29) is 5.97 Å². The molecule has 2 nitrogen and oxygen atoms in total. The molecule has 0 atom stereocenters. The van der Waals surface area contributed by atoms with Gasteiger partial charge in [-0.15, -0.1) is 0 Å². The number of rotatable bonds is 3. The summed E-state index contributed by atoms with van der Waals surface area (Å²) in [5.74, 6) is -0.183. The zero-order valence-corrected chi connectivity index (χ0v) is 8.96. The molecule has 0 N–H and O–H groups in total. The number of carbonyl (C=O) groups is 1. The van der Waals surface area contributed by atoms with Crippen molar-refractivity contribution in [2.24, 2.45) is 0 Å². The lowest BCUT2D eigenvalue weighted by molar-refractivity contribution is -0.139. The number of aryl methyl sites for hydroxylation is 2. The molecule has 0 aromatic heterocycles. The molecule has 1 aromatic carbocycles. The summed E-state index contributed by atoms with van der Waals surface area (Å²) in [5.41, 5.74) is 3.51. The van der Waals surface area contributed by atoms with Gasteiger partial charge in [-0.05, 0) is 30.0 Å². The maximum absolute atomic E-state index is 11.1. The van der Waals surface area contributed by atoms with Gasteiger partial charge in [0.1, 0.15) is 0 Å². The van der Waals surface area contributed by atoms with Crippen molar-refractivity contribution < 1.29 is 9.53 Å². The van der Waals surface area contributed by atoms with Gasteiger partial charge in [0.05, 0.1) is 13.5 Å². The average Bonchev–Trinajstić information content (AvgIpc) is 2.20. The quantitative estimate of drug-likeness (QED) is 0.687. The number of methoxy groups -OCH3 is 1. The summed E-state index contributed by atoms with van der Waals surface area (Å²) in [6, 6.07) is 6.19. The number of hydrogen-bond acceptors (Lipinski definition) is 2. The van der Waals surface area contributed by atoms with E-state index >= 15 is 0 Å². The molecule has 0 fully saturated rings. The maximum atomic E-state index is 11.1. The molecule has 76 valence electrons. The molecular weight excluding hydrogens is 176 g/mol. The van der Waals surface area contributed by atoms with Gasteiger partial charge >= 0.3 is 5.97 Å². The predicted molar refractivity (Wildman–Crippen MR) is 56.3 cm³/mol. The first-order valence-electron chi connectivity index (χ1n) is 4.82. The van der Waals surface area contributed by atoms with Crippen molar-refractivity contribution in [3.05, 3.63) is 34.9 Å². The van der Waals surface area contributed by atoms with E-state index in [2.05, 4.69) is 23.8 Å². The second-order valence-corrected chi connectivity index (χ2v) is 3.37. The van der Waals surface area contributed by atoms with E-state index in [1.807, 2.05) is 13.0 Å². The van der Waals surface area contributed by atoms with E-state index in [9.17, 15) is 4.79 Å². The second-order valence-electron chi connectivity index (χ2n) is 3.37. The highest BCUT2D eigenvalue weighted by Gasteiger charge is 2.05. The van der Waals surface area contributed by atoms with E-state index < -0.39 is 0 Å². The Kier molecular flexibility index (Phi) is 3.69. The van der Waals surface area contributed by atoms with E-state index in [4.69, 9.17) is 0 Å². The number of hydrogen-bond donors (Lipinski definition) is 0. The molecule has 0 saturated heterocycles. The minimum Gasteiger partial charge on any atom is -0.469 e. The number of esters is 1. The highest BCUT2D eigenvalue weighted by atomic mass is 16.5. The molecule has 0 radical (unpaired) electrons. The molecule has 0 aliphatic rings. The average molecular weight is 192 g/mol. The first-order valence-corrected chi connectivity index (χ1v) is 4.82. The Balaban J connectivity index is 2.83. The monoisotopic (exact) mass is 192 g/mol. The fraction of sp³-hybridized carbons (Fsp3) is 0.417. The van der Waals surface area contributed by atoms with Crippen LogP contribution in [0.15, 0.2) is 18.2 Å². The summed E-state index contributed by atoms with van der Waals surface area (Å²) in [5, 5.41) is 0. The van der Waals surface area contributed by atoms with Gasteiger partial charge in [0.2, 0.25) is 0 Å². The normalized spacial score (nSPS) is 9.93. The molecule has 14 heavy (non-hydrogen) atoms. The highest BCUT2D eigenvalue weighted by molar-refractivity contribution is 5.72. The second kappa shape index (κ2) is 4.80. The number of ether oxygens (including phenoxy) is 1. The van der Waals surface area contributed by atoms with Crippen molar-refractivity contribution in [3.8, 4) is 0 Å². The van der Waals surface area contributed by atoms with E-state index in [0.717, 1.165) is 17.5 Å². The summed E-state index contributed by atoms with van der Waals surface area (Å²) in [6.07, 6.45) is 1.39. The zero-order chi connectivity index (χ0) is 10.6. The van der Waals surface area contributed by atoms with Crippen molar-refractivity contribution in [1.82, 2.24) is 0 Å². The first kappa shape index (κ1) is 10.8. The highest BCUT2D eigenvalue weighted by Crippen LogP contribution is 2.12. The van der Waals surface area contributed by atoms with Crippen molar-refractivity contribution >= 4 is 5.97 Å². The van der Waals surface area contributed by atoms with Crippen LogP contribution in [0.2, 0.25) is 0 Å². The van der Waals surface area contributed by atoms with Crippen LogP contribution in [-0.2, 0) is 22.4 Å². The van der Waals surface area contributed by atoms with Gasteiger partial charge in [-0.2, -0.15) is 0 Å². The summed E-state index contributed by atoms with van der Waals surface area (Å²) >= 11 is 0. The van der Waals surface area contributed by atoms with Crippen molar-refractivity contribution in [3.63, 3.8) is 0 Å². The van der Waals surface area contributed by atoms with Gasteiger partial charge in [-0.1, -0.05) is 25.1 Å². The standard InChI is InChI=1S/C12H16O2/c1-4-10-5-6-11(9(2)7-10)8-12(13)14-3/h5-7H,4,8H2,1-3H3. The first-order chi connectivity index (χ1) is 6.67. The van der Waals surface area contributed by atoms with Crippen molar-refractivity contribution in [2.75, 3.05) is 7.11 Å². The van der Waals surface area contributed by atoms with Crippen LogP contribution in [-0.4, -0.2) is 13.1 Å². The van der Waals surface area contributed by atoms with E-state index in [0.29, 0.717) is 6.42 Å². The minimum atomic E-state index is -0.183. The van der Waals surface area contributed by atoms with Gasteiger partial charge in [0, 0.05) is 0 Å². The summed E-state index contributed by atoms with van der Waals surface area (Å²) in [4.78, 5) is 11.1. The molecule has 0 heterocycles. The molecule has 1 rings (SSSR count). The summed E-state index contributed by atoms with van der Waals surface area (Å²) in [6.45, 7) is 4.15. The van der Waals surface area contributed by atoms with Gasteiger partial charge in [-0.3, -0.25) is 4.79 Å². The van der Waals surface area contributed by atoms with Gasteiger partial charge in [0.15, 0.2) is 0 Å². The SMILES string of the molecule is CCc1ccc(CC(=O)OC)c(C)c1. The molecular formula is C12H16O2. The Bertz CT molecular complexity index is 329. The Labute approximate surface area is 84.9 Å². The minimum absolute atomic E-state index is 0.183. The fourth-order valence-corrected chi connectivity index (χ4v) is 1.40. The smallest absolute Gasteiger partial charge is 0.309 e. The van der Waals surface area contributed by atoms with Crippen LogP contribution in [0.4, 0.5) is 0 Å². The molecule has 0 bridgehead atoms. The maximum Gasteiger partial charge on any atom is 0.309 e. The zero-order valence-electron chi connectivity index (χ0n) is 8.96. The largest absolute Gasteiger partial charge is 0.469 e. The van der Waals surface area contributed by atoms with Crippen LogP contribution in [0.3, 0.4) is 0 Å². The van der Waals surface area contributed by atoms with Gasteiger partial charge in [-0.25, -0.2) is 0 Å². The topological polar surface area (TPSA) is 26.3 Å². The van der Waals surface area contributed by atoms with Crippen LogP contribution < -0.4 is 0 Å². The third-order valence-corrected chi connectivity index (χ3v) is 2.38. The molecule has 0 spiro atoms. The molecule has 0 saturated carbocycles. The van der Waals surface area contributed by atoms with Crippen LogP contribution >= 0.6 is 0 Å². The lowest BCUT2D eigenvalue weighted by Gasteiger charge is -2.06.